The van der Waals surface area contributed by atoms with Gasteiger partial charge in [0.05, 0.1) is 6.61 Å². The highest BCUT2D eigenvalue weighted by Crippen LogP contribution is 2.32. The van der Waals surface area contributed by atoms with E-state index in [-0.39, 0.29) is 12.6 Å². The molecular weight excluding hydrogens is 434 g/mol. The van der Waals surface area contributed by atoms with Crippen molar-refractivity contribution >= 4 is 11.7 Å². The highest BCUT2D eigenvalue weighted by molar-refractivity contribution is 5.89. The third-order valence-corrected chi connectivity index (χ3v) is 4.81. The van der Waals surface area contributed by atoms with Gasteiger partial charge in [-0.2, -0.15) is 0 Å². The number of tetrazole rings is 1. The summed E-state index contributed by atoms with van der Waals surface area (Å²) < 4.78 is 13.4. The molecule has 2 amide bonds. The normalized spacial score (nSPS) is 10.5. The number of hydrogen-bond acceptors (Lipinski definition) is 7. The molecule has 10 nitrogen and oxygen atoms in total. The van der Waals surface area contributed by atoms with Crippen LogP contribution in [-0.4, -0.2) is 37.8 Å². The van der Waals surface area contributed by atoms with Crippen LogP contribution >= 0.6 is 0 Å². The van der Waals surface area contributed by atoms with E-state index in [0.29, 0.717) is 35.5 Å². The van der Waals surface area contributed by atoms with Crippen LogP contribution in [0.15, 0.2) is 66.9 Å². The largest absolute Gasteiger partial charge is 0.490 e. The predicted molar refractivity (Wildman–Crippen MR) is 127 cm³/mol. The number of nitrogens with one attached hydrogen (secondary N) is 2. The van der Waals surface area contributed by atoms with Crippen LogP contribution in [0.5, 0.6) is 17.4 Å². The lowest BCUT2D eigenvalue weighted by Gasteiger charge is -2.14. The summed E-state index contributed by atoms with van der Waals surface area (Å²) in [6.45, 7) is 2.85. The first kappa shape index (κ1) is 22.7. The topological polar surface area (TPSA) is 116 Å². The Morgan fingerprint density at radius 2 is 1.91 bits per heavy atom. The number of urea groups is 1. The first-order chi connectivity index (χ1) is 16.6. The average Bonchev–Trinajstić information content (AvgIpc) is 3.29. The summed E-state index contributed by atoms with van der Waals surface area (Å²) in [6, 6.07) is 18.0. The first-order valence-electron chi connectivity index (χ1n) is 10.8. The van der Waals surface area contributed by atoms with Gasteiger partial charge in [-0.05, 0) is 47.2 Å². The van der Waals surface area contributed by atoms with Gasteiger partial charge in [0.25, 0.3) is 0 Å². The molecule has 0 saturated heterocycles. The number of para-hydroxylation sites is 2. The molecule has 2 aromatic carbocycles. The Morgan fingerprint density at radius 3 is 2.71 bits per heavy atom. The number of carbonyl (C=O) groups excluding carboxylic acids is 1. The molecule has 0 radical (unpaired) electrons. The van der Waals surface area contributed by atoms with Crippen LogP contribution in [0.1, 0.15) is 18.9 Å². The van der Waals surface area contributed by atoms with Crippen molar-refractivity contribution < 1.29 is 14.3 Å². The van der Waals surface area contributed by atoms with Gasteiger partial charge in [0.15, 0.2) is 17.3 Å². The van der Waals surface area contributed by atoms with Crippen LogP contribution in [0.25, 0.3) is 11.4 Å². The third-order valence-electron chi connectivity index (χ3n) is 4.81. The zero-order valence-corrected chi connectivity index (χ0v) is 18.9. The molecule has 0 aliphatic carbocycles. The Morgan fingerprint density at radius 1 is 1.06 bits per heavy atom. The molecule has 34 heavy (non-hydrogen) atoms. The maximum atomic E-state index is 12.5. The third kappa shape index (κ3) is 5.66. The summed E-state index contributed by atoms with van der Waals surface area (Å²) in [7, 11) is 1.75. The monoisotopic (exact) mass is 459 g/mol. The Labute approximate surface area is 196 Å². The molecule has 4 rings (SSSR count). The molecule has 10 heteroatoms. The molecular formula is C24H25N7O3. The van der Waals surface area contributed by atoms with E-state index in [4.69, 9.17) is 9.47 Å². The average molecular weight is 460 g/mol. The number of anilines is 1. The molecule has 0 atom stereocenters. The minimum absolute atomic E-state index is 0.222. The van der Waals surface area contributed by atoms with Crippen LogP contribution in [0.4, 0.5) is 10.5 Å². The van der Waals surface area contributed by atoms with Crippen LogP contribution < -0.4 is 20.1 Å². The molecule has 174 valence electrons. The van der Waals surface area contributed by atoms with Crippen molar-refractivity contribution in [3.8, 4) is 28.8 Å². The molecule has 2 heterocycles. The second kappa shape index (κ2) is 10.9. The van der Waals surface area contributed by atoms with E-state index in [2.05, 4.69) is 31.1 Å². The first-order valence-corrected chi connectivity index (χ1v) is 10.8. The van der Waals surface area contributed by atoms with Gasteiger partial charge < -0.3 is 20.1 Å². The van der Waals surface area contributed by atoms with Crippen molar-refractivity contribution in [2.75, 3.05) is 11.9 Å². The molecule has 0 fully saturated rings. The number of carbonyl (C=O) groups is 1. The Hall–Kier alpha value is -4.47. The van der Waals surface area contributed by atoms with E-state index in [1.165, 1.54) is 0 Å². The van der Waals surface area contributed by atoms with Crippen LogP contribution in [0.2, 0.25) is 0 Å². The van der Waals surface area contributed by atoms with Gasteiger partial charge in [0.1, 0.15) is 0 Å². The van der Waals surface area contributed by atoms with Crippen molar-refractivity contribution in [1.82, 2.24) is 30.5 Å². The van der Waals surface area contributed by atoms with Crippen molar-refractivity contribution in [2.45, 2.75) is 19.9 Å². The molecule has 0 aliphatic rings. The van der Waals surface area contributed by atoms with E-state index in [0.717, 1.165) is 17.5 Å². The number of amides is 2. The molecule has 0 bridgehead atoms. The summed E-state index contributed by atoms with van der Waals surface area (Å²) in [4.78, 5) is 16.9. The number of aromatic nitrogens is 5. The number of ether oxygens (including phenoxy) is 2. The smallest absolute Gasteiger partial charge is 0.319 e. The van der Waals surface area contributed by atoms with Crippen molar-refractivity contribution in [1.29, 1.82) is 0 Å². The standard InChI is InChI=1S/C24H25N7O3/c1-3-14-33-20-11-4-5-12-21(20)34-23-18(9-7-13-25-23)16-26-24(32)27-19-10-6-8-17(15-19)22-28-29-30-31(22)2/h4-13,15H,3,14,16H2,1-2H3,(H2,26,27,32). The minimum atomic E-state index is -0.366. The lowest BCUT2D eigenvalue weighted by atomic mass is 10.2. The zero-order chi connectivity index (χ0) is 23.8. The summed E-state index contributed by atoms with van der Waals surface area (Å²) in [5.74, 6) is 2.21. The van der Waals surface area contributed by atoms with Crippen molar-refractivity contribution in [3.05, 3.63) is 72.4 Å². The van der Waals surface area contributed by atoms with E-state index in [1.807, 2.05) is 49.4 Å². The van der Waals surface area contributed by atoms with Crippen LogP contribution in [0.3, 0.4) is 0 Å². The summed E-state index contributed by atoms with van der Waals surface area (Å²) in [5, 5.41) is 17.1. The number of pyridine rings is 1. The van der Waals surface area contributed by atoms with E-state index >= 15 is 0 Å². The number of nitrogens with zero attached hydrogens (tertiary/aromatic N) is 5. The molecule has 0 spiro atoms. The maximum absolute atomic E-state index is 12.5. The van der Waals surface area contributed by atoms with Gasteiger partial charge in [0, 0.05) is 36.6 Å². The number of hydrogen-bond donors (Lipinski definition) is 2. The molecule has 4 aromatic rings. The molecule has 0 unspecified atom stereocenters. The molecule has 2 aromatic heterocycles. The number of benzene rings is 2. The SMILES string of the molecule is CCCOc1ccccc1Oc1ncccc1CNC(=O)Nc1cccc(-c2nnnn2C)c1. The molecule has 2 N–H and O–H groups in total. The number of rotatable bonds is 9. The van der Waals surface area contributed by atoms with Gasteiger partial charge >= 0.3 is 6.03 Å². The highest BCUT2D eigenvalue weighted by Gasteiger charge is 2.12. The van der Waals surface area contributed by atoms with Gasteiger partial charge in [-0.15, -0.1) is 5.10 Å². The zero-order valence-electron chi connectivity index (χ0n) is 18.9. The Balaban J connectivity index is 1.41. The summed E-state index contributed by atoms with van der Waals surface area (Å²) in [6.07, 6.45) is 2.53. The van der Waals surface area contributed by atoms with Crippen molar-refractivity contribution in [2.24, 2.45) is 7.05 Å². The quantitative estimate of drug-likeness (QED) is 0.386. The number of aryl methyl sites for hydroxylation is 1. The fourth-order valence-corrected chi connectivity index (χ4v) is 3.18. The second-order valence-electron chi connectivity index (χ2n) is 7.38. The minimum Gasteiger partial charge on any atom is -0.490 e. The predicted octanol–water partition coefficient (Wildman–Crippen LogP) is 4.17. The van der Waals surface area contributed by atoms with Crippen molar-refractivity contribution in [3.63, 3.8) is 0 Å². The van der Waals surface area contributed by atoms with Gasteiger partial charge in [-0.1, -0.05) is 37.3 Å². The van der Waals surface area contributed by atoms with E-state index in [9.17, 15) is 4.79 Å². The highest BCUT2D eigenvalue weighted by atomic mass is 16.5. The van der Waals surface area contributed by atoms with Gasteiger partial charge in [-0.3, -0.25) is 0 Å². The van der Waals surface area contributed by atoms with Crippen LogP contribution in [-0.2, 0) is 13.6 Å². The second-order valence-corrected chi connectivity index (χ2v) is 7.38. The Kier molecular flexibility index (Phi) is 7.28. The molecule has 0 aliphatic heterocycles. The van der Waals surface area contributed by atoms with Gasteiger partial charge in [-0.25, -0.2) is 14.5 Å². The molecule has 0 saturated carbocycles. The summed E-state index contributed by atoms with van der Waals surface area (Å²) in [5.41, 5.74) is 2.13. The summed E-state index contributed by atoms with van der Waals surface area (Å²) >= 11 is 0. The Bertz CT molecular complexity index is 1260. The van der Waals surface area contributed by atoms with E-state index < -0.39 is 0 Å². The lowest BCUT2D eigenvalue weighted by molar-refractivity contribution is 0.251. The van der Waals surface area contributed by atoms with Crippen LogP contribution in [0, 0.1) is 0 Å². The lowest BCUT2D eigenvalue weighted by Crippen LogP contribution is -2.28. The fourth-order valence-electron chi connectivity index (χ4n) is 3.18. The maximum Gasteiger partial charge on any atom is 0.319 e. The van der Waals surface area contributed by atoms with E-state index in [1.54, 1.807) is 36.1 Å². The van der Waals surface area contributed by atoms with Gasteiger partial charge in [0.2, 0.25) is 5.88 Å². The fraction of sp³-hybridized carbons (Fsp3) is 0.208.